The average molecular weight is 399 g/mol. The molecule has 0 fully saturated rings. The molecule has 1 atom stereocenters. The number of amides is 1. The van der Waals surface area contributed by atoms with Crippen molar-refractivity contribution in [2.24, 2.45) is 0 Å². The normalized spacial score (nSPS) is 16.6. The number of ketones is 1. The lowest BCUT2D eigenvalue weighted by Crippen LogP contribution is -2.28. The third kappa shape index (κ3) is 3.94. The molecular weight excluding hydrogens is 377 g/mol. The Morgan fingerprint density at radius 1 is 1.28 bits per heavy atom. The van der Waals surface area contributed by atoms with E-state index in [0.29, 0.717) is 29.2 Å². The molecule has 3 rings (SSSR count). The third-order valence-electron chi connectivity index (χ3n) is 4.80. The number of fused-ring (bicyclic) bond motifs is 1. The zero-order valence-electron chi connectivity index (χ0n) is 16.4. The number of phenols is 1. The Hall–Kier alpha value is -3.35. The second kappa shape index (κ2) is 8.34. The highest BCUT2D eigenvalue weighted by Gasteiger charge is 2.36. The first-order valence-electron chi connectivity index (χ1n) is 9.22. The first-order chi connectivity index (χ1) is 13.9. The standard InChI is InChI=1S/C22H22FNO5/c1-4-24-19(26)11-29-17-8-5-13(10-18(17)28-3)9-14-12(2)20-15(23)6-7-16(25)21(20)22(14)27/h5-10,12,25H,4,11H2,1-3H3,(H,24,26)/b14-9-/t12-/m0/s1. The van der Waals surface area contributed by atoms with Crippen molar-refractivity contribution in [2.45, 2.75) is 19.8 Å². The van der Waals surface area contributed by atoms with Crippen LogP contribution in [0, 0.1) is 5.82 Å². The quantitative estimate of drug-likeness (QED) is 0.727. The molecule has 0 aromatic heterocycles. The van der Waals surface area contributed by atoms with E-state index in [1.165, 1.54) is 13.2 Å². The molecule has 29 heavy (non-hydrogen) atoms. The van der Waals surface area contributed by atoms with Crippen LogP contribution in [0.25, 0.3) is 6.08 Å². The maximum absolute atomic E-state index is 14.2. The number of allylic oxidation sites excluding steroid dienone is 1. The van der Waals surface area contributed by atoms with Crippen LogP contribution in [0.5, 0.6) is 17.2 Å². The van der Waals surface area contributed by atoms with Gasteiger partial charge in [0.15, 0.2) is 23.9 Å². The summed E-state index contributed by atoms with van der Waals surface area (Å²) in [7, 11) is 1.47. The van der Waals surface area contributed by atoms with Crippen molar-refractivity contribution in [3.63, 3.8) is 0 Å². The van der Waals surface area contributed by atoms with Crippen LogP contribution in [0.2, 0.25) is 0 Å². The Morgan fingerprint density at radius 3 is 2.69 bits per heavy atom. The van der Waals surface area contributed by atoms with Crippen molar-refractivity contribution in [1.29, 1.82) is 0 Å². The lowest BCUT2D eigenvalue weighted by Gasteiger charge is -2.12. The largest absolute Gasteiger partial charge is 0.507 e. The van der Waals surface area contributed by atoms with Gasteiger partial charge >= 0.3 is 0 Å². The topological polar surface area (TPSA) is 84.9 Å². The Morgan fingerprint density at radius 2 is 2.03 bits per heavy atom. The van der Waals surface area contributed by atoms with Crippen molar-refractivity contribution < 1.29 is 28.6 Å². The highest BCUT2D eigenvalue weighted by atomic mass is 19.1. The number of carbonyl (C=O) groups is 2. The van der Waals surface area contributed by atoms with Gasteiger partial charge in [0.25, 0.3) is 5.91 Å². The van der Waals surface area contributed by atoms with Gasteiger partial charge in [-0.2, -0.15) is 0 Å². The molecule has 0 saturated carbocycles. The molecule has 0 aliphatic heterocycles. The number of benzene rings is 2. The van der Waals surface area contributed by atoms with E-state index in [2.05, 4.69) is 5.32 Å². The molecule has 1 aliphatic carbocycles. The van der Waals surface area contributed by atoms with Gasteiger partial charge in [-0.3, -0.25) is 9.59 Å². The first kappa shape index (κ1) is 20.4. The molecule has 0 radical (unpaired) electrons. The van der Waals surface area contributed by atoms with Crippen molar-refractivity contribution >= 4 is 17.8 Å². The summed E-state index contributed by atoms with van der Waals surface area (Å²) in [6, 6.07) is 7.36. The number of aromatic hydroxyl groups is 1. The average Bonchev–Trinajstić information content (AvgIpc) is 2.95. The number of Topliss-reactive ketones (excluding diaryl/α,β-unsaturated/α-hetero) is 1. The summed E-state index contributed by atoms with van der Waals surface area (Å²) in [4.78, 5) is 24.3. The van der Waals surface area contributed by atoms with Crippen LogP contribution in [-0.4, -0.2) is 37.1 Å². The summed E-state index contributed by atoms with van der Waals surface area (Å²) in [6.45, 7) is 3.90. The smallest absolute Gasteiger partial charge is 0.257 e. The number of likely N-dealkylation sites (N-methyl/N-ethyl adjacent to an activating group) is 1. The number of ether oxygens (including phenoxy) is 2. The van der Waals surface area contributed by atoms with Crippen molar-refractivity contribution in [3.05, 3.63) is 58.4 Å². The van der Waals surface area contributed by atoms with Gasteiger partial charge in [0, 0.05) is 23.6 Å². The van der Waals surface area contributed by atoms with Crippen molar-refractivity contribution in [1.82, 2.24) is 5.32 Å². The summed E-state index contributed by atoms with van der Waals surface area (Å²) < 4.78 is 25.0. The highest BCUT2D eigenvalue weighted by molar-refractivity contribution is 6.18. The fourth-order valence-electron chi connectivity index (χ4n) is 3.40. The van der Waals surface area contributed by atoms with E-state index < -0.39 is 17.5 Å². The van der Waals surface area contributed by atoms with Gasteiger partial charge in [0.2, 0.25) is 0 Å². The lowest BCUT2D eigenvalue weighted by atomic mass is 9.97. The molecule has 0 heterocycles. The molecule has 6 nitrogen and oxygen atoms in total. The van der Waals surface area contributed by atoms with Crippen LogP contribution < -0.4 is 14.8 Å². The maximum atomic E-state index is 14.2. The fraction of sp³-hybridized carbons (Fsp3) is 0.273. The summed E-state index contributed by atoms with van der Waals surface area (Å²) in [6.07, 6.45) is 1.64. The Kier molecular flexibility index (Phi) is 5.87. The van der Waals surface area contributed by atoms with Crippen LogP contribution in [0.1, 0.15) is 41.3 Å². The van der Waals surface area contributed by atoms with Gasteiger partial charge < -0.3 is 19.9 Å². The first-order valence-corrected chi connectivity index (χ1v) is 9.22. The molecule has 152 valence electrons. The summed E-state index contributed by atoms with van der Waals surface area (Å²) >= 11 is 0. The number of phenolic OH excluding ortho intramolecular Hbond substituents is 1. The number of hydrogen-bond donors (Lipinski definition) is 2. The maximum Gasteiger partial charge on any atom is 0.257 e. The van der Waals surface area contributed by atoms with Gasteiger partial charge in [0.05, 0.1) is 12.7 Å². The molecule has 2 aromatic carbocycles. The fourth-order valence-corrected chi connectivity index (χ4v) is 3.40. The monoisotopic (exact) mass is 399 g/mol. The van der Waals surface area contributed by atoms with Gasteiger partial charge in [0.1, 0.15) is 11.6 Å². The zero-order chi connectivity index (χ0) is 21.1. The van der Waals surface area contributed by atoms with Crippen molar-refractivity contribution in [2.75, 3.05) is 20.3 Å². The minimum absolute atomic E-state index is 0.0117. The molecule has 7 heteroatoms. The third-order valence-corrected chi connectivity index (χ3v) is 4.80. The van der Waals surface area contributed by atoms with E-state index in [4.69, 9.17) is 9.47 Å². The number of rotatable bonds is 6. The number of carbonyl (C=O) groups excluding carboxylic acids is 2. The van der Waals surface area contributed by atoms with Crippen LogP contribution in [0.4, 0.5) is 4.39 Å². The molecule has 0 saturated heterocycles. The van der Waals surface area contributed by atoms with Gasteiger partial charge in [-0.15, -0.1) is 0 Å². The molecule has 0 unspecified atom stereocenters. The molecule has 0 bridgehead atoms. The van der Waals surface area contributed by atoms with E-state index in [1.54, 1.807) is 31.2 Å². The molecule has 1 aliphatic rings. The Bertz CT molecular complexity index is 999. The van der Waals surface area contributed by atoms with E-state index in [1.807, 2.05) is 6.92 Å². The number of hydrogen-bond acceptors (Lipinski definition) is 5. The minimum atomic E-state index is -0.520. The van der Waals surface area contributed by atoms with E-state index in [-0.39, 0.29) is 29.4 Å². The van der Waals surface area contributed by atoms with Crippen LogP contribution in [0.3, 0.4) is 0 Å². The SMILES string of the molecule is CCNC(=O)COc1ccc(/C=C2\C(=O)c3c(O)ccc(F)c3[C@H]2C)cc1OC. The van der Waals surface area contributed by atoms with Crippen LogP contribution in [-0.2, 0) is 4.79 Å². The van der Waals surface area contributed by atoms with Crippen LogP contribution in [0.15, 0.2) is 35.9 Å². The van der Waals surface area contributed by atoms with Gasteiger partial charge in [-0.1, -0.05) is 13.0 Å². The van der Waals surface area contributed by atoms with Crippen LogP contribution >= 0.6 is 0 Å². The zero-order valence-corrected chi connectivity index (χ0v) is 16.4. The molecule has 0 spiro atoms. The van der Waals surface area contributed by atoms with E-state index >= 15 is 0 Å². The molecule has 1 amide bonds. The molecule has 2 N–H and O–H groups in total. The number of methoxy groups -OCH3 is 1. The highest BCUT2D eigenvalue weighted by Crippen LogP contribution is 2.43. The van der Waals surface area contributed by atoms with Gasteiger partial charge in [-0.25, -0.2) is 4.39 Å². The summed E-state index contributed by atoms with van der Waals surface area (Å²) in [5.41, 5.74) is 1.24. The summed E-state index contributed by atoms with van der Waals surface area (Å²) in [5.74, 6) is -1.11. The Labute approximate surface area is 168 Å². The van der Waals surface area contributed by atoms with Crippen molar-refractivity contribution in [3.8, 4) is 17.2 Å². The molecular formula is C22H22FNO5. The predicted molar refractivity (Wildman–Crippen MR) is 106 cm³/mol. The van der Waals surface area contributed by atoms with E-state index in [9.17, 15) is 19.1 Å². The predicted octanol–water partition coefficient (Wildman–Crippen LogP) is 3.44. The minimum Gasteiger partial charge on any atom is -0.507 e. The molecule has 2 aromatic rings. The van der Waals surface area contributed by atoms with Gasteiger partial charge in [-0.05, 0) is 42.8 Å². The lowest BCUT2D eigenvalue weighted by molar-refractivity contribution is -0.123. The second-order valence-electron chi connectivity index (χ2n) is 6.66. The Balaban J connectivity index is 1.89. The summed E-state index contributed by atoms with van der Waals surface area (Å²) in [5, 5.41) is 12.6. The number of nitrogens with one attached hydrogen (secondary N) is 1. The number of halogens is 1. The second-order valence-corrected chi connectivity index (χ2v) is 6.66. The van der Waals surface area contributed by atoms with E-state index in [0.717, 1.165) is 6.07 Å².